The summed E-state index contributed by atoms with van der Waals surface area (Å²) < 4.78 is 5.33. The molecule has 0 radical (unpaired) electrons. The Hall–Kier alpha value is -2.96. The van der Waals surface area contributed by atoms with E-state index in [4.69, 9.17) is 4.42 Å². The minimum atomic E-state index is -0.0436. The number of hydrogen-bond donors (Lipinski definition) is 2. The van der Waals surface area contributed by atoms with Crippen molar-refractivity contribution in [2.45, 2.75) is 13.0 Å². The first-order chi connectivity index (χ1) is 13.1. The molecule has 0 saturated heterocycles. The van der Waals surface area contributed by atoms with Crippen LogP contribution < -0.4 is 15.5 Å². The normalized spacial score (nSPS) is 11.1. The predicted octanol–water partition coefficient (Wildman–Crippen LogP) is 1.93. The molecule has 0 aliphatic rings. The number of para-hydroxylation sites is 1. The van der Waals surface area contributed by atoms with Crippen molar-refractivity contribution in [3.8, 4) is 0 Å². The van der Waals surface area contributed by atoms with Crippen molar-refractivity contribution in [2.75, 3.05) is 45.7 Å². The standard InChI is InChI=1S/C20H29N5O2/c1-24(2)19(26)16-23-20(22-15-18-11-7-14-27-18)21-12-8-13-25(3)17-9-5-4-6-10-17/h4-7,9-11,14H,8,12-13,15-16H2,1-3H3,(H2,21,22,23). The van der Waals surface area contributed by atoms with Crippen molar-refractivity contribution in [3.63, 3.8) is 0 Å². The van der Waals surface area contributed by atoms with E-state index in [2.05, 4.69) is 39.7 Å². The summed E-state index contributed by atoms with van der Waals surface area (Å²) in [6.45, 7) is 2.28. The van der Waals surface area contributed by atoms with Gasteiger partial charge in [-0.2, -0.15) is 0 Å². The summed E-state index contributed by atoms with van der Waals surface area (Å²) in [6, 6.07) is 14.0. The number of amides is 1. The Kier molecular flexibility index (Phi) is 8.22. The summed E-state index contributed by atoms with van der Waals surface area (Å²) >= 11 is 0. The molecule has 0 spiro atoms. The Morgan fingerprint density at radius 1 is 1.07 bits per heavy atom. The highest BCUT2D eigenvalue weighted by molar-refractivity contribution is 5.84. The Morgan fingerprint density at radius 2 is 1.85 bits per heavy atom. The minimum absolute atomic E-state index is 0.0436. The van der Waals surface area contributed by atoms with Crippen LogP contribution in [0.1, 0.15) is 12.2 Å². The molecule has 0 aliphatic heterocycles. The lowest BCUT2D eigenvalue weighted by Gasteiger charge is -2.19. The average molecular weight is 371 g/mol. The maximum absolute atomic E-state index is 11.8. The molecule has 0 unspecified atom stereocenters. The first-order valence-electron chi connectivity index (χ1n) is 9.07. The molecule has 2 aromatic rings. The second kappa shape index (κ2) is 10.9. The van der Waals surface area contributed by atoms with E-state index >= 15 is 0 Å². The number of rotatable bonds is 9. The van der Waals surface area contributed by atoms with Crippen LogP contribution in [0.5, 0.6) is 0 Å². The number of likely N-dealkylation sites (N-methyl/N-ethyl adjacent to an activating group) is 1. The third-order valence-corrected chi connectivity index (χ3v) is 4.04. The number of furan rings is 1. The maximum Gasteiger partial charge on any atom is 0.243 e. The molecule has 0 saturated carbocycles. The highest BCUT2D eigenvalue weighted by Gasteiger charge is 2.06. The number of nitrogens with one attached hydrogen (secondary N) is 2. The van der Waals surface area contributed by atoms with Crippen molar-refractivity contribution in [1.29, 1.82) is 0 Å². The van der Waals surface area contributed by atoms with Gasteiger partial charge in [-0.3, -0.25) is 4.79 Å². The Labute approximate surface area is 161 Å². The van der Waals surface area contributed by atoms with Crippen LogP contribution in [0.25, 0.3) is 0 Å². The predicted molar refractivity (Wildman–Crippen MR) is 109 cm³/mol. The fourth-order valence-corrected chi connectivity index (χ4v) is 2.38. The summed E-state index contributed by atoms with van der Waals surface area (Å²) in [5, 5.41) is 6.48. The van der Waals surface area contributed by atoms with Gasteiger partial charge in [0.05, 0.1) is 12.8 Å². The van der Waals surface area contributed by atoms with Gasteiger partial charge in [0, 0.05) is 39.9 Å². The molecule has 0 fully saturated rings. The van der Waals surface area contributed by atoms with Crippen LogP contribution in [0.15, 0.2) is 58.1 Å². The van der Waals surface area contributed by atoms with Crippen LogP contribution in [0.3, 0.4) is 0 Å². The van der Waals surface area contributed by atoms with Gasteiger partial charge in [0.1, 0.15) is 12.3 Å². The number of benzene rings is 1. The van der Waals surface area contributed by atoms with Gasteiger partial charge in [0.25, 0.3) is 0 Å². The molecular formula is C20H29N5O2. The number of hydrogen-bond acceptors (Lipinski definition) is 4. The molecule has 1 aromatic carbocycles. The number of carbonyl (C=O) groups excluding carboxylic acids is 1. The summed E-state index contributed by atoms with van der Waals surface area (Å²) in [5.74, 6) is 1.37. The Morgan fingerprint density at radius 3 is 2.52 bits per heavy atom. The van der Waals surface area contributed by atoms with Crippen molar-refractivity contribution in [1.82, 2.24) is 15.5 Å². The van der Waals surface area contributed by atoms with Gasteiger partial charge in [-0.25, -0.2) is 4.99 Å². The molecule has 2 N–H and O–H groups in total. The molecule has 7 nitrogen and oxygen atoms in total. The smallest absolute Gasteiger partial charge is 0.243 e. The Bertz CT molecular complexity index is 698. The van der Waals surface area contributed by atoms with Crippen LogP contribution in [-0.4, -0.2) is 57.5 Å². The van der Waals surface area contributed by atoms with Gasteiger partial charge in [-0.05, 0) is 30.7 Å². The van der Waals surface area contributed by atoms with Crippen LogP contribution in [-0.2, 0) is 11.3 Å². The van der Waals surface area contributed by atoms with Crippen molar-refractivity contribution < 1.29 is 9.21 Å². The lowest BCUT2D eigenvalue weighted by Crippen LogP contribution is -2.39. The molecule has 1 amide bonds. The van der Waals surface area contributed by atoms with Crippen LogP contribution >= 0.6 is 0 Å². The van der Waals surface area contributed by atoms with Crippen LogP contribution in [0, 0.1) is 0 Å². The quantitative estimate of drug-likeness (QED) is 0.400. The maximum atomic E-state index is 11.8. The summed E-state index contributed by atoms with van der Waals surface area (Å²) in [4.78, 5) is 19.9. The van der Waals surface area contributed by atoms with Gasteiger partial charge >= 0.3 is 0 Å². The molecule has 2 rings (SSSR count). The van der Waals surface area contributed by atoms with E-state index < -0.39 is 0 Å². The first kappa shape index (κ1) is 20.4. The summed E-state index contributed by atoms with van der Waals surface area (Å²) in [7, 11) is 5.52. The first-order valence-corrected chi connectivity index (χ1v) is 9.07. The molecule has 0 bridgehead atoms. The second-order valence-corrected chi connectivity index (χ2v) is 6.42. The van der Waals surface area contributed by atoms with E-state index in [0.717, 1.165) is 25.3 Å². The van der Waals surface area contributed by atoms with Gasteiger partial charge in [0.2, 0.25) is 5.91 Å². The highest BCUT2D eigenvalue weighted by atomic mass is 16.3. The third kappa shape index (κ3) is 7.43. The molecule has 1 heterocycles. The fourth-order valence-electron chi connectivity index (χ4n) is 2.38. The van der Waals surface area contributed by atoms with E-state index in [1.165, 1.54) is 10.6 Å². The number of anilines is 1. The van der Waals surface area contributed by atoms with E-state index in [9.17, 15) is 4.79 Å². The lowest BCUT2D eigenvalue weighted by molar-refractivity contribution is -0.127. The fraction of sp³-hybridized carbons (Fsp3) is 0.400. The molecule has 7 heteroatoms. The molecule has 0 aliphatic carbocycles. The third-order valence-electron chi connectivity index (χ3n) is 4.04. The zero-order chi connectivity index (χ0) is 19.5. The van der Waals surface area contributed by atoms with E-state index in [-0.39, 0.29) is 12.5 Å². The van der Waals surface area contributed by atoms with Gasteiger partial charge < -0.3 is 24.9 Å². The number of aliphatic imine (C=N–C) groups is 1. The van der Waals surface area contributed by atoms with Gasteiger partial charge in [-0.15, -0.1) is 0 Å². The molecule has 146 valence electrons. The zero-order valence-corrected chi connectivity index (χ0v) is 16.3. The molecule has 1 aromatic heterocycles. The lowest BCUT2D eigenvalue weighted by atomic mass is 10.3. The van der Waals surface area contributed by atoms with Gasteiger partial charge in [-0.1, -0.05) is 18.2 Å². The van der Waals surface area contributed by atoms with Crippen LogP contribution in [0.4, 0.5) is 5.69 Å². The second-order valence-electron chi connectivity index (χ2n) is 6.42. The van der Waals surface area contributed by atoms with Crippen molar-refractivity contribution in [3.05, 3.63) is 54.5 Å². The number of guanidine groups is 1. The highest BCUT2D eigenvalue weighted by Crippen LogP contribution is 2.10. The van der Waals surface area contributed by atoms with Crippen molar-refractivity contribution >= 4 is 17.6 Å². The minimum Gasteiger partial charge on any atom is -0.467 e. The zero-order valence-electron chi connectivity index (χ0n) is 16.3. The monoisotopic (exact) mass is 371 g/mol. The van der Waals surface area contributed by atoms with Crippen LogP contribution in [0.2, 0.25) is 0 Å². The van der Waals surface area contributed by atoms with Crippen molar-refractivity contribution in [2.24, 2.45) is 4.99 Å². The average Bonchev–Trinajstić information content (AvgIpc) is 3.20. The van der Waals surface area contributed by atoms with E-state index in [1.807, 2.05) is 30.3 Å². The Balaban J connectivity index is 1.81. The van der Waals surface area contributed by atoms with E-state index in [1.54, 1.807) is 20.4 Å². The largest absolute Gasteiger partial charge is 0.467 e. The van der Waals surface area contributed by atoms with Gasteiger partial charge in [0.15, 0.2) is 5.96 Å². The van der Waals surface area contributed by atoms with E-state index in [0.29, 0.717) is 12.5 Å². The molecular weight excluding hydrogens is 342 g/mol. The number of carbonyl (C=O) groups is 1. The number of nitrogens with zero attached hydrogens (tertiary/aromatic N) is 3. The topological polar surface area (TPSA) is 73.1 Å². The summed E-state index contributed by atoms with van der Waals surface area (Å²) in [6.07, 6.45) is 2.57. The summed E-state index contributed by atoms with van der Waals surface area (Å²) in [5.41, 5.74) is 1.19. The SMILES string of the molecule is CN(C)C(=O)CN=C(NCCCN(C)c1ccccc1)NCc1ccco1. The molecule has 27 heavy (non-hydrogen) atoms. The molecule has 0 atom stereocenters.